The normalized spacial score (nSPS) is 25.9. The van der Waals surface area contributed by atoms with Gasteiger partial charge in [-0.1, -0.05) is 30.3 Å². The standard InChI is InChI=1S/C15H22NO4P/c1-4-19-21(18,20-5-2)15(3)14(11-12-16(15)17)13-9-7-6-8-10-13/h6-10,12,14H,4-5,11H2,1-3H3/t14-,15-/m1/s1. The zero-order valence-electron chi connectivity index (χ0n) is 12.7. The number of hydrogen-bond acceptors (Lipinski definition) is 4. The Labute approximate surface area is 125 Å². The second kappa shape index (κ2) is 6.30. The van der Waals surface area contributed by atoms with Gasteiger partial charge in [0.1, 0.15) is 0 Å². The first-order chi connectivity index (χ1) is 9.99. The van der Waals surface area contributed by atoms with Gasteiger partial charge in [-0.2, -0.15) is 4.74 Å². The van der Waals surface area contributed by atoms with Crippen molar-refractivity contribution in [3.63, 3.8) is 0 Å². The van der Waals surface area contributed by atoms with E-state index in [1.54, 1.807) is 20.8 Å². The molecule has 1 heterocycles. The zero-order valence-corrected chi connectivity index (χ0v) is 13.6. The van der Waals surface area contributed by atoms with Crippen LogP contribution in [-0.4, -0.2) is 29.4 Å². The predicted molar refractivity (Wildman–Crippen MR) is 82.8 cm³/mol. The van der Waals surface area contributed by atoms with E-state index in [1.807, 2.05) is 30.3 Å². The molecule has 2 rings (SSSR count). The zero-order chi connectivity index (χ0) is 15.5. The van der Waals surface area contributed by atoms with E-state index in [0.717, 1.165) is 10.3 Å². The average molecular weight is 311 g/mol. The van der Waals surface area contributed by atoms with Crippen molar-refractivity contribution in [2.45, 2.75) is 38.4 Å². The summed E-state index contributed by atoms with van der Waals surface area (Å²) in [5.41, 5.74) is 0.967. The van der Waals surface area contributed by atoms with E-state index in [4.69, 9.17) is 9.05 Å². The Hall–Kier alpha value is -1.16. The molecule has 0 N–H and O–H groups in total. The van der Waals surface area contributed by atoms with Gasteiger partial charge in [0, 0.05) is 13.3 Å². The van der Waals surface area contributed by atoms with Gasteiger partial charge in [-0.05, 0) is 19.4 Å². The fourth-order valence-electron chi connectivity index (χ4n) is 2.85. The number of benzene rings is 1. The lowest BCUT2D eigenvalue weighted by molar-refractivity contribution is -0.510. The third-order valence-corrected chi connectivity index (χ3v) is 6.78. The summed E-state index contributed by atoms with van der Waals surface area (Å²) in [5, 5.41) is 11.2. The molecule has 0 fully saturated rings. The molecule has 116 valence electrons. The Morgan fingerprint density at radius 2 is 1.86 bits per heavy atom. The van der Waals surface area contributed by atoms with Crippen molar-refractivity contribution in [3.05, 3.63) is 41.1 Å². The molecular formula is C15H22NO4P. The molecule has 0 aliphatic carbocycles. The van der Waals surface area contributed by atoms with Crippen LogP contribution in [0.25, 0.3) is 0 Å². The number of hydroxylamine groups is 1. The molecule has 1 aromatic carbocycles. The summed E-state index contributed by atoms with van der Waals surface area (Å²) in [6.07, 6.45) is 2.05. The molecule has 6 heteroatoms. The molecule has 0 saturated carbocycles. The second-order valence-corrected chi connectivity index (χ2v) is 7.55. The summed E-state index contributed by atoms with van der Waals surface area (Å²) >= 11 is 0. The fraction of sp³-hybridized carbons (Fsp3) is 0.533. The molecule has 0 amide bonds. The van der Waals surface area contributed by atoms with Gasteiger partial charge in [-0.25, -0.2) is 0 Å². The summed E-state index contributed by atoms with van der Waals surface area (Å²) in [6.45, 7) is 5.65. The van der Waals surface area contributed by atoms with Crippen LogP contribution in [0.4, 0.5) is 0 Å². The number of rotatable bonds is 6. The predicted octanol–water partition coefficient (Wildman–Crippen LogP) is 3.74. The molecule has 0 spiro atoms. The molecule has 0 radical (unpaired) electrons. The van der Waals surface area contributed by atoms with E-state index in [-0.39, 0.29) is 19.1 Å². The minimum absolute atomic E-state index is 0.222. The lowest BCUT2D eigenvalue weighted by Gasteiger charge is -2.35. The van der Waals surface area contributed by atoms with E-state index >= 15 is 0 Å². The fourth-order valence-corrected chi connectivity index (χ4v) is 5.09. The average Bonchev–Trinajstić information content (AvgIpc) is 2.78. The van der Waals surface area contributed by atoms with Crippen molar-refractivity contribution in [3.8, 4) is 0 Å². The van der Waals surface area contributed by atoms with Gasteiger partial charge in [0.25, 0.3) is 5.28 Å². The monoisotopic (exact) mass is 311 g/mol. The van der Waals surface area contributed by atoms with Crippen molar-refractivity contribution in [1.82, 2.24) is 0 Å². The van der Waals surface area contributed by atoms with Crippen LogP contribution in [0, 0.1) is 5.21 Å². The van der Waals surface area contributed by atoms with Crippen LogP contribution < -0.4 is 0 Å². The van der Waals surface area contributed by atoms with Crippen molar-refractivity contribution < 1.29 is 18.4 Å². The minimum Gasteiger partial charge on any atom is -0.623 e. The van der Waals surface area contributed by atoms with Gasteiger partial charge in [0.15, 0.2) is 6.21 Å². The van der Waals surface area contributed by atoms with Crippen LogP contribution in [-0.2, 0) is 13.6 Å². The van der Waals surface area contributed by atoms with Crippen LogP contribution in [0.5, 0.6) is 0 Å². The van der Waals surface area contributed by atoms with Crippen LogP contribution in [0.1, 0.15) is 38.7 Å². The molecule has 0 aromatic heterocycles. The smallest absolute Gasteiger partial charge is 0.402 e. The molecule has 1 aliphatic rings. The third-order valence-electron chi connectivity index (χ3n) is 3.97. The van der Waals surface area contributed by atoms with Crippen molar-refractivity contribution >= 4 is 13.8 Å². The first-order valence-corrected chi connectivity index (χ1v) is 8.77. The second-order valence-electron chi connectivity index (χ2n) is 5.13. The van der Waals surface area contributed by atoms with Gasteiger partial charge < -0.3 is 14.3 Å². The van der Waals surface area contributed by atoms with Gasteiger partial charge >= 0.3 is 7.60 Å². The van der Waals surface area contributed by atoms with Crippen LogP contribution in [0.2, 0.25) is 0 Å². The van der Waals surface area contributed by atoms with Gasteiger partial charge in [-0.3, -0.25) is 4.57 Å². The lowest BCUT2D eigenvalue weighted by atomic mass is 9.92. The van der Waals surface area contributed by atoms with Crippen LogP contribution in [0.15, 0.2) is 30.3 Å². The molecule has 0 unspecified atom stereocenters. The Bertz CT molecular complexity index is 550. The van der Waals surface area contributed by atoms with Gasteiger partial charge in [0.2, 0.25) is 0 Å². The number of nitrogens with zero attached hydrogens (tertiary/aromatic N) is 1. The highest BCUT2D eigenvalue weighted by atomic mass is 31.2. The van der Waals surface area contributed by atoms with Gasteiger partial charge in [-0.15, -0.1) is 0 Å². The lowest BCUT2D eigenvalue weighted by Crippen LogP contribution is -2.39. The molecule has 21 heavy (non-hydrogen) atoms. The quantitative estimate of drug-likeness (QED) is 0.456. The van der Waals surface area contributed by atoms with Crippen molar-refractivity contribution in [2.24, 2.45) is 0 Å². The van der Waals surface area contributed by atoms with E-state index in [1.165, 1.54) is 6.21 Å². The third kappa shape index (κ3) is 2.66. The molecule has 2 atom stereocenters. The van der Waals surface area contributed by atoms with E-state index < -0.39 is 12.9 Å². The van der Waals surface area contributed by atoms with Crippen molar-refractivity contribution in [2.75, 3.05) is 13.2 Å². The maximum atomic E-state index is 13.2. The summed E-state index contributed by atoms with van der Waals surface area (Å²) in [5.74, 6) is -0.222. The Kier molecular flexibility index (Phi) is 4.87. The molecule has 1 aliphatic heterocycles. The molecular weight excluding hydrogens is 289 g/mol. The Morgan fingerprint density at radius 3 is 2.38 bits per heavy atom. The summed E-state index contributed by atoms with van der Waals surface area (Å²) < 4.78 is 24.9. The van der Waals surface area contributed by atoms with Crippen LogP contribution in [0.3, 0.4) is 0 Å². The first-order valence-electron chi connectivity index (χ1n) is 7.23. The van der Waals surface area contributed by atoms with Crippen molar-refractivity contribution in [1.29, 1.82) is 0 Å². The Morgan fingerprint density at radius 1 is 1.29 bits per heavy atom. The molecule has 1 aromatic rings. The highest BCUT2D eigenvalue weighted by molar-refractivity contribution is 7.55. The van der Waals surface area contributed by atoms with E-state index in [0.29, 0.717) is 6.42 Å². The summed E-state index contributed by atoms with van der Waals surface area (Å²) in [4.78, 5) is 0. The summed E-state index contributed by atoms with van der Waals surface area (Å²) in [7, 11) is -3.57. The minimum atomic E-state index is -3.57. The van der Waals surface area contributed by atoms with Gasteiger partial charge in [0.05, 0.1) is 19.1 Å². The first kappa shape index (κ1) is 16.2. The highest BCUT2D eigenvalue weighted by Crippen LogP contribution is 2.66. The molecule has 5 nitrogen and oxygen atoms in total. The SMILES string of the molecule is CCOP(=O)(OCC)[C@]1(C)[C@@H](c2ccccc2)CC=[N+]1[O-]. The highest BCUT2D eigenvalue weighted by Gasteiger charge is 2.62. The summed E-state index contributed by atoms with van der Waals surface area (Å²) in [6, 6.07) is 9.63. The molecule has 0 bridgehead atoms. The van der Waals surface area contributed by atoms with E-state index in [2.05, 4.69) is 0 Å². The Balaban J connectivity index is 2.48. The molecule has 0 saturated heterocycles. The largest absolute Gasteiger partial charge is 0.623 e. The maximum absolute atomic E-state index is 13.2. The topological polar surface area (TPSA) is 61.6 Å². The van der Waals surface area contributed by atoms with Crippen LogP contribution >= 0.6 is 7.60 Å². The number of hydrogen-bond donors (Lipinski definition) is 0. The van der Waals surface area contributed by atoms with E-state index in [9.17, 15) is 9.77 Å². The maximum Gasteiger partial charge on any atom is 0.402 e.